The van der Waals surface area contributed by atoms with Crippen molar-refractivity contribution in [3.8, 4) is 11.5 Å². The fraction of sp³-hybridized carbons (Fsp3) is 0.286. The van der Waals surface area contributed by atoms with Crippen LogP contribution in [0.3, 0.4) is 0 Å². The van der Waals surface area contributed by atoms with E-state index in [-0.39, 0.29) is 24.7 Å². The van der Waals surface area contributed by atoms with E-state index in [1.54, 1.807) is 0 Å². The van der Waals surface area contributed by atoms with Crippen molar-refractivity contribution < 1.29 is 19.0 Å². The van der Waals surface area contributed by atoms with Gasteiger partial charge in [-0.25, -0.2) is 4.79 Å². The molecule has 2 aliphatic heterocycles. The van der Waals surface area contributed by atoms with Gasteiger partial charge in [-0.15, -0.1) is 0 Å². The quantitative estimate of drug-likeness (QED) is 0.551. The van der Waals surface area contributed by atoms with Crippen molar-refractivity contribution in [3.05, 3.63) is 63.6 Å². The summed E-state index contributed by atoms with van der Waals surface area (Å²) in [6.07, 6.45) is 5.45. The summed E-state index contributed by atoms with van der Waals surface area (Å²) in [4.78, 5) is 11.9. The number of esters is 1. The summed E-state index contributed by atoms with van der Waals surface area (Å²) in [5, 5.41) is 3.68. The highest BCUT2D eigenvalue weighted by atomic mass is 79.9. The number of ether oxygens (including phenoxy) is 3. The lowest BCUT2D eigenvalue weighted by Gasteiger charge is -2.38. The normalized spacial score (nSPS) is 24.1. The summed E-state index contributed by atoms with van der Waals surface area (Å²) in [5.74, 6) is 1.86. The minimum absolute atomic E-state index is 0.130. The molecule has 2 heterocycles. The van der Waals surface area contributed by atoms with Gasteiger partial charge in [0.2, 0.25) is 6.79 Å². The van der Waals surface area contributed by atoms with Crippen LogP contribution in [0.2, 0.25) is 0 Å². The smallest absolute Gasteiger partial charge is 0.337 e. The predicted octanol–water partition coefficient (Wildman–Crippen LogP) is 4.79. The molecule has 1 aliphatic carbocycles. The molecule has 0 amide bonds. The number of carbonyl (C=O) groups is 1. The molecule has 3 atom stereocenters. The van der Waals surface area contributed by atoms with Crippen molar-refractivity contribution >= 4 is 27.6 Å². The Labute approximate surface area is 165 Å². The van der Waals surface area contributed by atoms with Gasteiger partial charge in [0.1, 0.15) is 0 Å². The molecule has 0 aromatic heterocycles. The van der Waals surface area contributed by atoms with Crippen LogP contribution in [0.1, 0.15) is 39.9 Å². The van der Waals surface area contributed by atoms with Gasteiger partial charge in [0.15, 0.2) is 11.5 Å². The Balaban J connectivity index is 1.57. The minimum atomic E-state index is -0.308. The molecule has 27 heavy (non-hydrogen) atoms. The molecule has 0 spiro atoms. The second-order valence-electron chi connectivity index (χ2n) is 7.00. The number of hydrogen-bond acceptors (Lipinski definition) is 5. The van der Waals surface area contributed by atoms with Crippen LogP contribution in [0.15, 0.2) is 47.0 Å². The van der Waals surface area contributed by atoms with Crippen LogP contribution in [0, 0.1) is 5.92 Å². The van der Waals surface area contributed by atoms with Crippen LogP contribution in [0.25, 0.3) is 0 Å². The average Bonchev–Trinajstić information content (AvgIpc) is 3.35. The van der Waals surface area contributed by atoms with Gasteiger partial charge in [-0.2, -0.15) is 0 Å². The average molecular weight is 428 g/mol. The van der Waals surface area contributed by atoms with Crippen LogP contribution >= 0.6 is 15.9 Å². The lowest BCUT2D eigenvalue weighted by Crippen LogP contribution is -2.29. The van der Waals surface area contributed by atoms with Crippen LogP contribution < -0.4 is 14.8 Å². The van der Waals surface area contributed by atoms with Crippen molar-refractivity contribution in [1.29, 1.82) is 0 Å². The van der Waals surface area contributed by atoms with Gasteiger partial charge in [0.05, 0.1) is 18.7 Å². The Morgan fingerprint density at radius 1 is 1.19 bits per heavy atom. The number of carbonyl (C=O) groups excluding carboxylic acids is 1. The molecular weight excluding hydrogens is 410 g/mol. The van der Waals surface area contributed by atoms with E-state index < -0.39 is 0 Å². The number of anilines is 1. The largest absolute Gasteiger partial charge is 0.465 e. The highest BCUT2D eigenvalue weighted by Gasteiger charge is 2.39. The van der Waals surface area contributed by atoms with E-state index in [1.165, 1.54) is 7.11 Å². The molecule has 0 saturated carbocycles. The van der Waals surface area contributed by atoms with E-state index in [0.29, 0.717) is 11.5 Å². The Kier molecular flexibility index (Phi) is 3.90. The van der Waals surface area contributed by atoms with Crippen molar-refractivity contribution in [3.63, 3.8) is 0 Å². The van der Waals surface area contributed by atoms with E-state index in [9.17, 15) is 4.79 Å². The van der Waals surface area contributed by atoms with Crippen molar-refractivity contribution in [2.45, 2.75) is 18.4 Å². The molecule has 2 aromatic carbocycles. The number of benzene rings is 2. The molecule has 0 saturated heterocycles. The zero-order valence-electron chi connectivity index (χ0n) is 14.7. The number of halogens is 1. The summed E-state index contributed by atoms with van der Waals surface area (Å²) >= 11 is 3.71. The molecule has 0 fully saturated rings. The highest BCUT2D eigenvalue weighted by molar-refractivity contribution is 9.10. The summed E-state index contributed by atoms with van der Waals surface area (Å²) in [5.41, 5.74) is 3.93. The van der Waals surface area contributed by atoms with Crippen LogP contribution in [-0.4, -0.2) is 19.9 Å². The van der Waals surface area contributed by atoms with Crippen LogP contribution in [-0.2, 0) is 4.74 Å². The Morgan fingerprint density at radius 3 is 2.81 bits per heavy atom. The van der Waals surface area contributed by atoms with Gasteiger partial charge in [-0.1, -0.05) is 28.1 Å². The molecule has 138 valence electrons. The van der Waals surface area contributed by atoms with Gasteiger partial charge in [-0.3, -0.25) is 0 Å². The van der Waals surface area contributed by atoms with E-state index in [4.69, 9.17) is 14.2 Å². The summed E-state index contributed by atoms with van der Waals surface area (Å²) in [6.45, 7) is 0.260. The maximum atomic E-state index is 11.9. The topological polar surface area (TPSA) is 56.8 Å². The first-order valence-corrected chi connectivity index (χ1v) is 9.69. The standard InChI is InChI=1S/C21H18BrNO4/c1-25-21(24)11-5-6-17-14(7-11)12-3-2-4-13(12)20(23-17)15-8-18-19(9-16(15)22)27-10-26-18/h2-3,5-9,12-13,20,23H,4,10H2,1H3. The monoisotopic (exact) mass is 427 g/mol. The fourth-order valence-electron chi connectivity index (χ4n) is 4.32. The van der Waals surface area contributed by atoms with Crippen LogP contribution in [0.5, 0.6) is 11.5 Å². The SMILES string of the molecule is COC(=O)c1ccc2c(c1)C1C=CCC1C(c1cc3c(cc1Br)OCO3)N2. The zero-order valence-corrected chi connectivity index (χ0v) is 16.3. The lowest BCUT2D eigenvalue weighted by atomic mass is 9.76. The molecule has 5 nitrogen and oxygen atoms in total. The number of methoxy groups -OCH3 is 1. The van der Waals surface area contributed by atoms with Crippen molar-refractivity contribution in [2.24, 2.45) is 5.92 Å². The molecule has 1 N–H and O–H groups in total. The molecule has 0 radical (unpaired) electrons. The Hall–Kier alpha value is -2.47. The van der Waals surface area contributed by atoms with E-state index in [2.05, 4.69) is 39.5 Å². The highest BCUT2D eigenvalue weighted by Crippen LogP contribution is 2.52. The maximum Gasteiger partial charge on any atom is 0.337 e. The first-order chi connectivity index (χ1) is 13.2. The number of hydrogen-bond donors (Lipinski definition) is 1. The molecular formula is C21H18BrNO4. The van der Waals surface area contributed by atoms with Gasteiger partial charge in [0.25, 0.3) is 0 Å². The van der Waals surface area contributed by atoms with E-state index >= 15 is 0 Å². The summed E-state index contributed by atoms with van der Waals surface area (Å²) < 4.78 is 16.9. The number of nitrogens with one attached hydrogen (secondary N) is 1. The third kappa shape index (κ3) is 2.62. The third-order valence-corrected chi connectivity index (χ3v) is 6.30. The second-order valence-corrected chi connectivity index (χ2v) is 7.85. The van der Waals surface area contributed by atoms with Gasteiger partial charge < -0.3 is 19.5 Å². The third-order valence-electron chi connectivity index (χ3n) is 5.61. The Morgan fingerprint density at radius 2 is 2.00 bits per heavy atom. The molecule has 6 heteroatoms. The fourth-order valence-corrected chi connectivity index (χ4v) is 4.89. The minimum Gasteiger partial charge on any atom is -0.465 e. The van der Waals surface area contributed by atoms with Gasteiger partial charge in [0, 0.05) is 16.1 Å². The van der Waals surface area contributed by atoms with Crippen molar-refractivity contribution in [1.82, 2.24) is 0 Å². The molecule has 0 bridgehead atoms. The van der Waals surface area contributed by atoms with Crippen molar-refractivity contribution in [2.75, 3.05) is 19.2 Å². The first-order valence-electron chi connectivity index (χ1n) is 8.90. The van der Waals surface area contributed by atoms with Gasteiger partial charge in [-0.05, 0) is 53.8 Å². The predicted molar refractivity (Wildman–Crippen MR) is 104 cm³/mol. The first kappa shape index (κ1) is 16.7. The number of rotatable bonds is 2. The molecule has 3 unspecified atom stereocenters. The molecule has 5 rings (SSSR count). The lowest BCUT2D eigenvalue weighted by molar-refractivity contribution is 0.0600. The molecule has 2 aromatic rings. The maximum absolute atomic E-state index is 11.9. The zero-order chi connectivity index (χ0) is 18.5. The van der Waals surface area contributed by atoms with Crippen LogP contribution in [0.4, 0.5) is 5.69 Å². The second kappa shape index (κ2) is 6.30. The van der Waals surface area contributed by atoms with Gasteiger partial charge >= 0.3 is 5.97 Å². The van der Waals surface area contributed by atoms with E-state index in [1.807, 2.05) is 24.3 Å². The molecule has 3 aliphatic rings. The summed E-state index contributed by atoms with van der Waals surface area (Å²) in [7, 11) is 1.41. The van der Waals surface area contributed by atoms with E-state index in [0.717, 1.165) is 39.2 Å². The Bertz CT molecular complexity index is 971. The number of allylic oxidation sites excluding steroid dienone is 2. The number of fused-ring (bicyclic) bond motifs is 4. The summed E-state index contributed by atoms with van der Waals surface area (Å²) in [6, 6.07) is 9.90.